The maximum absolute atomic E-state index is 13.9. The van der Waals surface area contributed by atoms with E-state index < -0.39 is 11.6 Å². The number of aromatic amines is 1. The number of nitrogens with zero attached hydrogens (tertiary/aromatic N) is 2. The number of aromatic nitrogens is 1. The summed E-state index contributed by atoms with van der Waals surface area (Å²) in [6.07, 6.45) is 1.60. The van der Waals surface area contributed by atoms with E-state index in [1.165, 1.54) is 6.07 Å². The lowest BCUT2D eigenvalue weighted by molar-refractivity contribution is -0.122. The highest BCUT2D eigenvalue weighted by atomic mass is 19.1. The Morgan fingerprint density at radius 3 is 2.85 bits per heavy atom. The molecule has 1 amide bonds. The summed E-state index contributed by atoms with van der Waals surface area (Å²) in [5.74, 6) is -1.20. The van der Waals surface area contributed by atoms with E-state index in [-0.39, 0.29) is 5.91 Å². The van der Waals surface area contributed by atoms with Crippen LogP contribution in [0.1, 0.15) is 17.7 Å². The summed E-state index contributed by atoms with van der Waals surface area (Å²) in [7, 11) is 4.12. The van der Waals surface area contributed by atoms with Gasteiger partial charge in [-0.1, -0.05) is 0 Å². The third kappa shape index (κ3) is 4.04. The molecule has 1 unspecified atom stereocenters. The number of hydrogen-bond donors (Lipinski definition) is 2. The maximum Gasteiger partial charge on any atom is 0.234 e. The highest BCUT2D eigenvalue weighted by Crippen LogP contribution is 2.25. The van der Waals surface area contributed by atoms with E-state index in [9.17, 15) is 13.6 Å². The molecule has 1 atom stereocenters. The molecule has 1 fully saturated rings. The van der Waals surface area contributed by atoms with Crippen molar-refractivity contribution in [1.82, 2.24) is 20.1 Å². The van der Waals surface area contributed by atoms with Crippen LogP contribution in [0.5, 0.6) is 0 Å². The van der Waals surface area contributed by atoms with Crippen molar-refractivity contribution in [3.63, 3.8) is 0 Å². The van der Waals surface area contributed by atoms with Crippen molar-refractivity contribution < 1.29 is 13.6 Å². The number of halogens is 2. The Labute approximate surface area is 152 Å². The third-order valence-corrected chi connectivity index (χ3v) is 5.19. The molecule has 2 heterocycles. The molecule has 1 aliphatic rings. The minimum absolute atomic E-state index is 0.0146. The number of aryl methyl sites for hydroxylation is 1. The summed E-state index contributed by atoms with van der Waals surface area (Å²) in [5.41, 5.74) is 1.96. The average Bonchev–Trinajstić information content (AvgIpc) is 3.13. The van der Waals surface area contributed by atoms with Gasteiger partial charge < -0.3 is 15.2 Å². The first-order valence-electron chi connectivity index (χ1n) is 8.97. The number of amides is 1. The highest BCUT2D eigenvalue weighted by Gasteiger charge is 2.25. The topological polar surface area (TPSA) is 51.4 Å². The third-order valence-electron chi connectivity index (χ3n) is 5.19. The molecule has 0 aliphatic carbocycles. The summed E-state index contributed by atoms with van der Waals surface area (Å²) >= 11 is 0. The SMILES string of the molecule is Cc1[nH]c2c(F)cc(F)cc2c1CCNC(=O)CN1CCC(N(C)C)C1. The summed E-state index contributed by atoms with van der Waals surface area (Å²) < 4.78 is 27.4. The number of hydrogen-bond acceptors (Lipinski definition) is 3. The molecule has 0 saturated carbocycles. The number of carbonyl (C=O) groups excluding carboxylic acids is 1. The van der Waals surface area contributed by atoms with Gasteiger partial charge in [-0.05, 0) is 45.5 Å². The predicted molar refractivity (Wildman–Crippen MR) is 98.2 cm³/mol. The van der Waals surface area contributed by atoms with Crippen LogP contribution in [0.3, 0.4) is 0 Å². The van der Waals surface area contributed by atoms with Crippen molar-refractivity contribution >= 4 is 16.8 Å². The Kier molecular flexibility index (Phi) is 5.58. The molecule has 1 aromatic heterocycles. The van der Waals surface area contributed by atoms with Gasteiger partial charge >= 0.3 is 0 Å². The van der Waals surface area contributed by atoms with E-state index in [2.05, 4.69) is 34.2 Å². The van der Waals surface area contributed by atoms with E-state index in [0.29, 0.717) is 36.5 Å². The Morgan fingerprint density at radius 1 is 1.38 bits per heavy atom. The fourth-order valence-corrected chi connectivity index (χ4v) is 3.69. The number of fused-ring (bicyclic) bond motifs is 1. The van der Waals surface area contributed by atoms with E-state index in [0.717, 1.165) is 36.8 Å². The standard InChI is InChI=1S/C19H26F2N4O/c1-12-15(16-8-13(20)9-17(21)19(16)23-12)4-6-22-18(26)11-25-7-5-14(10-25)24(2)3/h8-9,14,23H,4-7,10-11H2,1-3H3,(H,22,26). The van der Waals surface area contributed by atoms with Crippen molar-refractivity contribution in [2.45, 2.75) is 25.8 Å². The van der Waals surface area contributed by atoms with Gasteiger partial charge in [-0.3, -0.25) is 9.69 Å². The van der Waals surface area contributed by atoms with E-state index in [4.69, 9.17) is 0 Å². The van der Waals surface area contributed by atoms with Crippen LogP contribution < -0.4 is 5.32 Å². The monoisotopic (exact) mass is 364 g/mol. The maximum atomic E-state index is 13.9. The first-order chi connectivity index (χ1) is 12.3. The van der Waals surface area contributed by atoms with Crippen LogP contribution in [0.4, 0.5) is 8.78 Å². The van der Waals surface area contributed by atoms with Crippen LogP contribution >= 0.6 is 0 Å². The fourth-order valence-electron chi connectivity index (χ4n) is 3.69. The van der Waals surface area contributed by atoms with Gasteiger partial charge in [-0.25, -0.2) is 8.78 Å². The normalized spacial score (nSPS) is 18.2. The second-order valence-corrected chi connectivity index (χ2v) is 7.28. The molecule has 142 valence electrons. The van der Waals surface area contributed by atoms with Crippen LogP contribution in [-0.2, 0) is 11.2 Å². The van der Waals surface area contributed by atoms with E-state index >= 15 is 0 Å². The number of H-pyrrole nitrogens is 1. The fraction of sp³-hybridized carbons (Fsp3) is 0.526. The number of likely N-dealkylation sites (tertiary alicyclic amines) is 1. The lowest BCUT2D eigenvalue weighted by Crippen LogP contribution is -2.38. The molecule has 7 heteroatoms. The van der Waals surface area contributed by atoms with Gasteiger partial charge in [0.2, 0.25) is 5.91 Å². The number of likely N-dealkylation sites (N-methyl/N-ethyl adjacent to an activating group) is 1. The van der Waals surface area contributed by atoms with Crippen LogP contribution in [-0.4, -0.2) is 67.0 Å². The molecule has 5 nitrogen and oxygen atoms in total. The van der Waals surface area contributed by atoms with Gasteiger partial charge in [0, 0.05) is 42.8 Å². The first-order valence-corrected chi connectivity index (χ1v) is 8.97. The molecule has 3 rings (SSSR count). The minimum atomic E-state index is -0.595. The van der Waals surface area contributed by atoms with Crippen LogP contribution in [0, 0.1) is 18.6 Å². The zero-order valence-corrected chi connectivity index (χ0v) is 15.5. The smallest absolute Gasteiger partial charge is 0.234 e. The van der Waals surface area contributed by atoms with Crippen LogP contribution in [0.2, 0.25) is 0 Å². The second-order valence-electron chi connectivity index (χ2n) is 7.28. The molecule has 1 saturated heterocycles. The summed E-state index contributed by atoms with van der Waals surface area (Å²) in [6.45, 7) is 4.49. The number of rotatable bonds is 6. The molecule has 0 radical (unpaired) electrons. The van der Waals surface area contributed by atoms with Crippen LogP contribution in [0.15, 0.2) is 12.1 Å². The summed E-state index contributed by atoms with van der Waals surface area (Å²) in [4.78, 5) is 19.5. The Hall–Kier alpha value is -1.99. The van der Waals surface area contributed by atoms with Crippen molar-refractivity contribution in [1.29, 1.82) is 0 Å². The predicted octanol–water partition coefficient (Wildman–Crippen LogP) is 2.05. The van der Waals surface area contributed by atoms with Crippen molar-refractivity contribution in [3.05, 3.63) is 35.0 Å². The lowest BCUT2D eigenvalue weighted by atomic mass is 10.1. The molecule has 1 aromatic carbocycles. The zero-order chi connectivity index (χ0) is 18.8. The molecule has 2 N–H and O–H groups in total. The zero-order valence-electron chi connectivity index (χ0n) is 15.5. The van der Waals surface area contributed by atoms with Crippen LogP contribution in [0.25, 0.3) is 10.9 Å². The second kappa shape index (κ2) is 7.72. The number of nitrogens with one attached hydrogen (secondary N) is 2. The van der Waals surface area contributed by atoms with E-state index in [1.54, 1.807) is 0 Å². The summed E-state index contributed by atoms with van der Waals surface area (Å²) in [5, 5.41) is 3.46. The first kappa shape index (κ1) is 18.8. The van der Waals surface area contributed by atoms with Gasteiger partial charge in [0.1, 0.15) is 11.6 Å². The Balaban J connectivity index is 1.54. The molecule has 0 spiro atoms. The van der Waals surface area contributed by atoms with E-state index in [1.807, 2.05) is 6.92 Å². The van der Waals surface area contributed by atoms with Gasteiger partial charge in [-0.15, -0.1) is 0 Å². The quantitative estimate of drug-likeness (QED) is 0.825. The number of carbonyl (C=O) groups is 1. The minimum Gasteiger partial charge on any atom is -0.356 e. The molecular weight excluding hydrogens is 338 g/mol. The molecule has 26 heavy (non-hydrogen) atoms. The number of benzene rings is 1. The molecule has 1 aliphatic heterocycles. The molecular formula is C19H26F2N4O. The summed E-state index contributed by atoms with van der Waals surface area (Å²) in [6, 6.07) is 2.72. The largest absolute Gasteiger partial charge is 0.356 e. The van der Waals surface area contributed by atoms with Crippen molar-refractivity contribution in [3.8, 4) is 0 Å². The van der Waals surface area contributed by atoms with Gasteiger partial charge in [0.05, 0.1) is 12.1 Å². The van der Waals surface area contributed by atoms with Gasteiger partial charge in [0.25, 0.3) is 0 Å². The van der Waals surface area contributed by atoms with Gasteiger partial charge in [0.15, 0.2) is 0 Å². The van der Waals surface area contributed by atoms with Crippen molar-refractivity contribution in [2.75, 3.05) is 40.3 Å². The van der Waals surface area contributed by atoms with Gasteiger partial charge in [-0.2, -0.15) is 0 Å². The Bertz CT molecular complexity index is 802. The average molecular weight is 364 g/mol. The van der Waals surface area contributed by atoms with Crippen molar-refractivity contribution in [2.24, 2.45) is 0 Å². The lowest BCUT2D eigenvalue weighted by Gasteiger charge is -2.20. The molecule has 0 bridgehead atoms. The molecule has 2 aromatic rings. The highest BCUT2D eigenvalue weighted by molar-refractivity contribution is 5.85. The Morgan fingerprint density at radius 2 is 2.15 bits per heavy atom.